The quantitative estimate of drug-likeness (QED) is 0.553. The molecule has 1 heterocycles. The van der Waals surface area contributed by atoms with Crippen LogP contribution in [0.1, 0.15) is 91.4 Å². The van der Waals surface area contributed by atoms with Gasteiger partial charge in [-0.05, 0) is 26.2 Å². The molecule has 2 atom stereocenters. The molecule has 0 aromatic carbocycles. The number of nitrogens with zero attached hydrogens (tertiary/aromatic N) is 1. The van der Waals surface area contributed by atoms with Crippen molar-refractivity contribution in [3.63, 3.8) is 0 Å². The molecule has 0 spiro atoms. The van der Waals surface area contributed by atoms with Gasteiger partial charge in [0.05, 0.1) is 6.10 Å². The Morgan fingerprint density at radius 3 is 2.05 bits per heavy atom. The molecule has 0 bridgehead atoms. The Hall–Kier alpha value is -0.0800. The number of aliphatic hydroxyl groups excluding tert-OH is 1. The van der Waals surface area contributed by atoms with E-state index in [1.54, 1.807) is 0 Å². The van der Waals surface area contributed by atoms with Crippen LogP contribution in [0.25, 0.3) is 0 Å². The summed E-state index contributed by atoms with van der Waals surface area (Å²) < 4.78 is 0. The molecule has 0 aliphatic carbocycles. The predicted octanol–water partition coefficient (Wildman–Crippen LogP) is 4.75. The smallest absolute Gasteiger partial charge is 0.0679 e. The number of likely N-dealkylation sites (tertiary alicyclic amines) is 1. The number of hydrogen-bond acceptors (Lipinski definition) is 2. The SMILES string of the molecule is CCCCCCCC(C)(CCCCC)N1CC[C@@H](O)C1. The van der Waals surface area contributed by atoms with Crippen molar-refractivity contribution < 1.29 is 5.11 Å². The van der Waals surface area contributed by atoms with E-state index in [1.807, 2.05) is 0 Å². The summed E-state index contributed by atoms with van der Waals surface area (Å²) in [6, 6.07) is 0. The van der Waals surface area contributed by atoms with E-state index in [2.05, 4.69) is 25.7 Å². The molecular formula is C18H37NO. The van der Waals surface area contributed by atoms with Crippen LogP contribution in [0.5, 0.6) is 0 Å². The standard InChI is InChI=1S/C18H37NO/c1-4-6-8-9-11-14-18(3,13-10-7-5-2)19-15-12-17(20)16-19/h17,20H,4-16H2,1-3H3/t17-,18?/m1/s1. The van der Waals surface area contributed by atoms with Gasteiger partial charge in [0, 0.05) is 18.6 Å². The summed E-state index contributed by atoms with van der Waals surface area (Å²) in [4.78, 5) is 2.58. The normalized spacial score (nSPS) is 23.1. The van der Waals surface area contributed by atoms with E-state index in [0.717, 1.165) is 19.5 Å². The molecule has 120 valence electrons. The van der Waals surface area contributed by atoms with E-state index in [0.29, 0.717) is 5.54 Å². The number of unbranched alkanes of at least 4 members (excludes halogenated alkanes) is 6. The summed E-state index contributed by atoms with van der Waals surface area (Å²) in [6.07, 6.45) is 14.3. The molecule has 20 heavy (non-hydrogen) atoms. The zero-order chi connectivity index (χ0) is 14.8. The molecule has 0 saturated carbocycles. The van der Waals surface area contributed by atoms with Crippen LogP contribution in [-0.4, -0.2) is 34.7 Å². The Morgan fingerprint density at radius 2 is 1.50 bits per heavy atom. The Bertz CT molecular complexity index is 244. The zero-order valence-corrected chi connectivity index (χ0v) is 14.2. The Balaban J connectivity index is 2.41. The van der Waals surface area contributed by atoms with Gasteiger partial charge in [-0.25, -0.2) is 0 Å². The third-order valence-electron chi connectivity index (χ3n) is 5.06. The van der Waals surface area contributed by atoms with Crippen molar-refractivity contribution in [2.75, 3.05) is 13.1 Å². The summed E-state index contributed by atoms with van der Waals surface area (Å²) in [5.41, 5.74) is 0.332. The number of rotatable bonds is 11. The summed E-state index contributed by atoms with van der Waals surface area (Å²) >= 11 is 0. The van der Waals surface area contributed by atoms with Gasteiger partial charge in [-0.15, -0.1) is 0 Å². The molecular weight excluding hydrogens is 246 g/mol. The molecule has 2 heteroatoms. The van der Waals surface area contributed by atoms with Crippen molar-refractivity contribution in [3.05, 3.63) is 0 Å². The molecule has 1 aliphatic rings. The second kappa shape index (κ2) is 9.78. The van der Waals surface area contributed by atoms with E-state index in [9.17, 15) is 5.11 Å². The third-order valence-corrected chi connectivity index (χ3v) is 5.06. The highest BCUT2D eigenvalue weighted by atomic mass is 16.3. The lowest BCUT2D eigenvalue weighted by Crippen LogP contribution is -2.45. The average molecular weight is 283 g/mol. The highest BCUT2D eigenvalue weighted by Gasteiger charge is 2.35. The topological polar surface area (TPSA) is 23.5 Å². The lowest BCUT2D eigenvalue weighted by molar-refractivity contribution is 0.0857. The lowest BCUT2D eigenvalue weighted by atomic mass is 9.86. The maximum absolute atomic E-state index is 9.83. The van der Waals surface area contributed by atoms with Crippen LogP contribution in [0.15, 0.2) is 0 Å². The maximum Gasteiger partial charge on any atom is 0.0679 e. The van der Waals surface area contributed by atoms with Crippen LogP contribution in [0.2, 0.25) is 0 Å². The van der Waals surface area contributed by atoms with Crippen molar-refractivity contribution in [2.45, 2.75) is 103 Å². The number of hydrogen-bond donors (Lipinski definition) is 1. The molecule has 1 saturated heterocycles. The fourth-order valence-corrected chi connectivity index (χ4v) is 3.54. The summed E-state index contributed by atoms with van der Waals surface area (Å²) in [5, 5.41) is 9.83. The number of β-amino-alcohol motifs (C(OH)–C–C–N with tert-alkyl or cyclic N) is 1. The third kappa shape index (κ3) is 6.13. The monoisotopic (exact) mass is 283 g/mol. The van der Waals surface area contributed by atoms with Crippen molar-refractivity contribution in [2.24, 2.45) is 0 Å². The zero-order valence-electron chi connectivity index (χ0n) is 14.2. The lowest BCUT2D eigenvalue weighted by Gasteiger charge is -2.39. The molecule has 0 amide bonds. The van der Waals surface area contributed by atoms with Crippen molar-refractivity contribution in [1.29, 1.82) is 0 Å². The van der Waals surface area contributed by atoms with Crippen LogP contribution < -0.4 is 0 Å². The fraction of sp³-hybridized carbons (Fsp3) is 1.00. The Labute approximate surface area is 126 Å². The second-order valence-corrected chi connectivity index (χ2v) is 7.01. The van der Waals surface area contributed by atoms with Gasteiger partial charge in [-0.3, -0.25) is 4.90 Å². The van der Waals surface area contributed by atoms with E-state index in [4.69, 9.17) is 0 Å². The van der Waals surface area contributed by atoms with Crippen molar-refractivity contribution in [1.82, 2.24) is 4.90 Å². The first-order valence-electron chi connectivity index (χ1n) is 9.05. The minimum absolute atomic E-state index is 0.0828. The maximum atomic E-state index is 9.83. The van der Waals surface area contributed by atoms with Gasteiger partial charge in [0.15, 0.2) is 0 Å². The summed E-state index contributed by atoms with van der Waals surface area (Å²) in [7, 11) is 0. The van der Waals surface area contributed by atoms with Gasteiger partial charge in [-0.1, -0.05) is 65.2 Å². The average Bonchev–Trinajstić information content (AvgIpc) is 2.86. The van der Waals surface area contributed by atoms with Crippen molar-refractivity contribution in [3.8, 4) is 0 Å². The Morgan fingerprint density at radius 1 is 0.950 bits per heavy atom. The molecule has 1 fully saturated rings. The van der Waals surface area contributed by atoms with Crippen LogP contribution in [0.3, 0.4) is 0 Å². The van der Waals surface area contributed by atoms with E-state index in [-0.39, 0.29) is 6.10 Å². The summed E-state index contributed by atoms with van der Waals surface area (Å²) in [5.74, 6) is 0. The highest BCUT2D eigenvalue weighted by molar-refractivity contribution is 4.91. The van der Waals surface area contributed by atoms with E-state index < -0.39 is 0 Å². The molecule has 2 nitrogen and oxygen atoms in total. The largest absolute Gasteiger partial charge is 0.392 e. The predicted molar refractivity (Wildman–Crippen MR) is 88.1 cm³/mol. The first-order valence-corrected chi connectivity index (χ1v) is 9.05. The second-order valence-electron chi connectivity index (χ2n) is 7.01. The van der Waals surface area contributed by atoms with Crippen LogP contribution in [0, 0.1) is 0 Å². The minimum atomic E-state index is -0.0828. The summed E-state index contributed by atoms with van der Waals surface area (Å²) in [6.45, 7) is 9.00. The van der Waals surface area contributed by atoms with Crippen LogP contribution >= 0.6 is 0 Å². The molecule has 1 N–H and O–H groups in total. The molecule has 1 unspecified atom stereocenters. The van der Waals surface area contributed by atoms with Gasteiger partial charge in [0.25, 0.3) is 0 Å². The molecule has 1 aliphatic heterocycles. The fourth-order valence-electron chi connectivity index (χ4n) is 3.54. The van der Waals surface area contributed by atoms with Crippen LogP contribution in [0.4, 0.5) is 0 Å². The molecule has 1 rings (SSSR count). The Kier molecular flexibility index (Phi) is 8.79. The van der Waals surface area contributed by atoms with Gasteiger partial charge >= 0.3 is 0 Å². The minimum Gasteiger partial charge on any atom is -0.392 e. The molecule has 0 radical (unpaired) electrons. The number of aliphatic hydroxyl groups is 1. The van der Waals surface area contributed by atoms with Gasteiger partial charge in [-0.2, -0.15) is 0 Å². The molecule has 0 aromatic heterocycles. The van der Waals surface area contributed by atoms with Gasteiger partial charge in [0.1, 0.15) is 0 Å². The molecule has 0 aromatic rings. The van der Waals surface area contributed by atoms with Crippen LogP contribution in [-0.2, 0) is 0 Å². The first-order chi connectivity index (χ1) is 9.62. The first kappa shape index (κ1) is 18.0. The highest BCUT2D eigenvalue weighted by Crippen LogP contribution is 2.32. The van der Waals surface area contributed by atoms with Crippen molar-refractivity contribution >= 4 is 0 Å². The van der Waals surface area contributed by atoms with E-state index in [1.165, 1.54) is 64.2 Å². The van der Waals surface area contributed by atoms with Gasteiger partial charge < -0.3 is 5.11 Å². The van der Waals surface area contributed by atoms with Gasteiger partial charge in [0.2, 0.25) is 0 Å². The van der Waals surface area contributed by atoms with E-state index >= 15 is 0 Å².